The number of likely N-dealkylation sites (N-methyl/N-ethyl adjacent to an activating group) is 1. The molecule has 2 aromatic carbocycles. The number of aryl methyl sites for hydroxylation is 1. The molecule has 0 radical (unpaired) electrons. The van der Waals surface area contributed by atoms with Crippen LogP contribution in [0.25, 0.3) is 0 Å². The molecule has 0 aliphatic heterocycles. The first-order valence-corrected chi connectivity index (χ1v) is 7.13. The molecule has 0 amide bonds. The number of halogens is 2. The minimum Gasteiger partial charge on any atom is -0.319 e. The zero-order valence-corrected chi connectivity index (χ0v) is 12.5. The Hall–Kier alpha value is -1.38. The molecular formula is C17H19ClFN. The Bertz CT molecular complexity index is 583. The van der Waals surface area contributed by atoms with Gasteiger partial charge < -0.3 is 5.32 Å². The summed E-state index contributed by atoms with van der Waals surface area (Å²) in [6.07, 6.45) is 0.795. The number of hydrogen-bond donors (Lipinski definition) is 1. The monoisotopic (exact) mass is 291 g/mol. The van der Waals surface area contributed by atoms with Crippen molar-refractivity contribution in [1.29, 1.82) is 0 Å². The van der Waals surface area contributed by atoms with Crippen molar-refractivity contribution in [2.24, 2.45) is 0 Å². The largest absolute Gasteiger partial charge is 0.319 e. The van der Waals surface area contributed by atoms with Gasteiger partial charge in [0.15, 0.2) is 0 Å². The lowest BCUT2D eigenvalue weighted by molar-refractivity contribution is 0.615. The molecule has 0 aliphatic rings. The van der Waals surface area contributed by atoms with Gasteiger partial charge in [-0.3, -0.25) is 0 Å². The van der Waals surface area contributed by atoms with Crippen LogP contribution in [0.15, 0.2) is 42.5 Å². The van der Waals surface area contributed by atoms with Gasteiger partial charge in [-0.1, -0.05) is 47.5 Å². The van der Waals surface area contributed by atoms with Crippen LogP contribution in [0.4, 0.5) is 4.39 Å². The fourth-order valence-electron chi connectivity index (χ4n) is 2.43. The molecule has 1 atom stereocenters. The van der Waals surface area contributed by atoms with E-state index in [1.807, 2.05) is 7.05 Å². The topological polar surface area (TPSA) is 12.0 Å². The highest BCUT2D eigenvalue weighted by atomic mass is 35.5. The summed E-state index contributed by atoms with van der Waals surface area (Å²) in [5.74, 6) is 0.0299. The van der Waals surface area contributed by atoms with Gasteiger partial charge in [-0.15, -0.1) is 0 Å². The van der Waals surface area contributed by atoms with Gasteiger partial charge >= 0.3 is 0 Å². The minimum absolute atomic E-state index is 0.292. The summed E-state index contributed by atoms with van der Waals surface area (Å²) in [6.45, 7) is 2.95. The van der Waals surface area contributed by atoms with Gasteiger partial charge in [-0.2, -0.15) is 0 Å². The van der Waals surface area contributed by atoms with Crippen molar-refractivity contribution in [2.75, 3.05) is 13.6 Å². The summed E-state index contributed by atoms with van der Waals surface area (Å²) in [6, 6.07) is 13.1. The average Bonchev–Trinajstić information content (AvgIpc) is 2.41. The highest BCUT2D eigenvalue weighted by Gasteiger charge is 2.14. The molecule has 1 unspecified atom stereocenters. The fourth-order valence-corrected chi connectivity index (χ4v) is 2.68. The summed E-state index contributed by atoms with van der Waals surface area (Å²) in [7, 11) is 1.94. The van der Waals surface area contributed by atoms with E-state index in [-0.39, 0.29) is 5.82 Å². The molecule has 2 aromatic rings. The van der Waals surface area contributed by atoms with Crippen molar-refractivity contribution in [2.45, 2.75) is 19.3 Å². The van der Waals surface area contributed by atoms with Gasteiger partial charge in [-0.05, 0) is 43.7 Å². The first kappa shape index (κ1) is 15.0. The smallest absolute Gasteiger partial charge is 0.124 e. The van der Waals surface area contributed by atoms with E-state index in [1.54, 1.807) is 6.07 Å². The molecule has 0 saturated heterocycles. The fraction of sp³-hybridized carbons (Fsp3) is 0.294. The third-order valence-electron chi connectivity index (χ3n) is 3.45. The molecule has 20 heavy (non-hydrogen) atoms. The van der Waals surface area contributed by atoms with Gasteiger partial charge in [0, 0.05) is 17.5 Å². The van der Waals surface area contributed by atoms with Crippen molar-refractivity contribution in [3.05, 3.63) is 70.0 Å². The Morgan fingerprint density at radius 2 is 2.00 bits per heavy atom. The minimum atomic E-state index is -0.292. The predicted octanol–water partition coefficient (Wildman–Crippen LogP) is 4.33. The average molecular weight is 292 g/mol. The second-order valence-corrected chi connectivity index (χ2v) is 5.52. The van der Waals surface area contributed by atoms with Crippen molar-refractivity contribution < 1.29 is 4.39 Å². The highest BCUT2D eigenvalue weighted by molar-refractivity contribution is 6.31. The molecule has 2 rings (SSSR count). The standard InChI is InChI=1S/C17H19ClFN/c1-12-4-3-5-13(8-12)15(11-20-2)9-14-6-7-16(19)10-17(14)18/h3-8,10,15,20H,9,11H2,1-2H3. The van der Waals surface area contributed by atoms with E-state index >= 15 is 0 Å². The Morgan fingerprint density at radius 1 is 1.20 bits per heavy atom. The van der Waals surface area contributed by atoms with Crippen LogP contribution in [0.1, 0.15) is 22.6 Å². The van der Waals surface area contributed by atoms with Crippen molar-refractivity contribution in [3.63, 3.8) is 0 Å². The van der Waals surface area contributed by atoms with Crippen molar-refractivity contribution in [1.82, 2.24) is 5.32 Å². The molecule has 0 aromatic heterocycles. The molecule has 106 valence electrons. The second-order valence-electron chi connectivity index (χ2n) is 5.11. The van der Waals surface area contributed by atoms with Crippen LogP contribution in [0.2, 0.25) is 5.02 Å². The number of benzene rings is 2. The van der Waals surface area contributed by atoms with Crippen LogP contribution in [0, 0.1) is 12.7 Å². The molecule has 0 bridgehead atoms. The molecule has 0 spiro atoms. The summed E-state index contributed by atoms with van der Waals surface area (Å²) in [5.41, 5.74) is 3.50. The van der Waals surface area contributed by atoms with E-state index in [0.29, 0.717) is 10.9 Å². The number of rotatable bonds is 5. The molecule has 3 heteroatoms. The van der Waals surface area contributed by atoms with E-state index in [2.05, 4.69) is 36.5 Å². The molecule has 0 saturated carbocycles. The molecule has 0 heterocycles. The van der Waals surface area contributed by atoms with Gasteiger partial charge in [0.1, 0.15) is 5.82 Å². The Morgan fingerprint density at radius 3 is 2.65 bits per heavy atom. The van der Waals surface area contributed by atoms with Crippen LogP contribution in [-0.2, 0) is 6.42 Å². The van der Waals surface area contributed by atoms with Crippen molar-refractivity contribution >= 4 is 11.6 Å². The summed E-state index contributed by atoms with van der Waals surface area (Å²) >= 11 is 6.13. The third-order valence-corrected chi connectivity index (χ3v) is 3.80. The Labute approximate surface area is 124 Å². The predicted molar refractivity (Wildman–Crippen MR) is 83.0 cm³/mol. The SMILES string of the molecule is CNCC(Cc1ccc(F)cc1Cl)c1cccc(C)c1. The molecule has 0 aliphatic carbocycles. The van der Waals surface area contributed by atoms with E-state index in [4.69, 9.17) is 11.6 Å². The summed E-state index contributed by atoms with van der Waals surface area (Å²) in [4.78, 5) is 0. The Kier molecular flexibility index (Phi) is 5.16. The highest BCUT2D eigenvalue weighted by Crippen LogP contribution is 2.26. The van der Waals surface area contributed by atoms with E-state index in [9.17, 15) is 4.39 Å². The zero-order valence-electron chi connectivity index (χ0n) is 11.8. The first-order valence-electron chi connectivity index (χ1n) is 6.75. The van der Waals surface area contributed by atoms with E-state index < -0.39 is 0 Å². The van der Waals surface area contributed by atoms with Gasteiger partial charge in [0.25, 0.3) is 0 Å². The number of nitrogens with one attached hydrogen (secondary N) is 1. The van der Waals surface area contributed by atoms with Crippen LogP contribution in [-0.4, -0.2) is 13.6 Å². The molecule has 0 fully saturated rings. The van der Waals surface area contributed by atoms with Crippen LogP contribution in [0.5, 0.6) is 0 Å². The summed E-state index contributed by atoms with van der Waals surface area (Å²) in [5, 5.41) is 3.72. The number of hydrogen-bond acceptors (Lipinski definition) is 1. The Balaban J connectivity index is 2.25. The van der Waals surface area contributed by atoms with Gasteiger partial charge in [0.2, 0.25) is 0 Å². The van der Waals surface area contributed by atoms with Crippen LogP contribution >= 0.6 is 11.6 Å². The maximum absolute atomic E-state index is 13.1. The van der Waals surface area contributed by atoms with E-state index in [1.165, 1.54) is 23.3 Å². The molecular weight excluding hydrogens is 273 g/mol. The zero-order chi connectivity index (χ0) is 14.5. The maximum Gasteiger partial charge on any atom is 0.124 e. The summed E-state index contributed by atoms with van der Waals surface area (Å²) < 4.78 is 13.1. The van der Waals surface area contributed by atoms with Crippen LogP contribution in [0.3, 0.4) is 0 Å². The van der Waals surface area contributed by atoms with Crippen LogP contribution < -0.4 is 5.32 Å². The molecule has 1 N–H and O–H groups in total. The van der Waals surface area contributed by atoms with Gasteiger partial charge in [0.05, 0.1) is 0 Å². The third kappa shape index (κ3) is 3.81. The van der Waals surface area contributed by atoms with Gasteiger partial charge in [-0.25, -0.2) is 4.39 Å². The van der Waals surface area contributed by atoms with E-state index in [0.717, 1.165) is 18.5 Å². The first-order chi connectivity index (χ1) is 9.60. The lowest BCUT2D eigenvalue weighted by atomic mass is 9.91. The maximum atomic E-state index is 13.1. The molecule has 1 nitrogen and oxygen atoms in total. The lowest BCUT2D eigenvalue weighted by Crippen LogP contribution is -2.19. The quantitative estimate of drug-likeness (QED) is 0.864. The second kappa shape index (κ2) is 6.87. The lowest BCUT2D eigenvalue weighted by Gasteiger charge is -2.18. The normalized spacial score (nSPS) is 12.4. The van der Waals surface area contributed by atoms with Crippen molar-refractivity contribution in [3.8, 4) is 0 Å².